The SMILES string of the molecule is CCOC(=O)C1(COc2nccs2)CCC2(CC1)OCCO2. The Morgan fingerprint density at radius 2 is 2.05 bits per heavy atom. The Hall–Kier alpha value is -1.18. The van der Waals surface area contributed by atoms with Crippen LogP contribution in [0.4, 0.5) is 0 Å². The van der Waals surface area contributed by atoms with Crippen molar-refractivity contribution >= 4 is 17.3 Å². The maximum absolute atomic E-state index is 12.5. The molecule has 22 heavy (non-hydrogen) atoms. The van der Waals surface area contributed by atoms with E-state index in [0.29, 0.717) is 50.7 Å². The summed E-state index contributed by atoms with van der Waals surface area (Å²) >= 11 is 1.42. The molecule has 1 saturated heterocycles. The lowest BCUT2D eigenvalue weighted by Gasteiger charge is -2.41. The first kappa shape index (κ1) is 15.7. The van der Waals surface area contributed by atoms with Gasteiger partial charge in [0.2, 0.25) is 0 Å². The molecular weight excluding hydrogens is 306 g/mol. The molecule has 0 atom stereocenters. The minimum absolute atomic E-state index is 0.195. The molecule has 0 aromatic carbocycles. The van der Waals surface area contributed by atoms with Gasteiger partial charge in [0.1, 0.15) is 12.0 Å². The van der Waals surface area contributed by atoms with Crippen molar-refractivity contribution in [3.63, 3.8) is 0 Å². The number of carbonyl (C=O) groups excluding carboxylic acids is 1. The van der Waals surface area contributed by atoms with Gasteiger partial charge in [-0.3, -0.25) is 4.79 Å². The van der Waals surface area contributed by atoms with Crippen LogP contribution in [0.3, 0.4) is 0 Å². The molecule has 3 rings (SSSR count). The van der Waals surface area contributed by atoms with Crippen molar-refractivity contribution in [2.24, 2.45) is 5.41 Å². The van der Waals surface area contributed by atoms with Crippen molar-refractivity contribution in [3.8, 4) is 5.19 Å². The molecule has 2 aliphatic rings. The summed E-state index contributed by atoms with van der Waals surface area (Å²) in [6, 6.07) is 0. The summed E-state index contributed by atoms with van der Waals surface area (Å²) < 4.78 is 22.5. The Bertz CT molecular complexity index is 488. The van der Waals surface area contributed by atoms with Gasteiger partial charge in [-0.1, -0.05) is 11.3 Å². The number of esters is 1. The Morgan fingerprint density at radius 3 is 2.64 bits per heavy atom. The minimum atomic E-state index is -0.637. The largest absolute Gasteiger partial charge is 0.469 e. The van der Waals surface area contributed by atoms with E-state index in [1.807, 2.05) is 12.3 Å². The highest BCUT2D eigenvalue weighted by molar-refractivity contribution is 7.11. The number of ether oxygens (including phenoxy) is 4. The minimum Gasteiger partial charge on any atom is -0.469 e. The molecule has 0 bridgehead atoms. The third-order valence-electron chi connectivity index (χ3n) is 4.37. The van der Waals surface area contributed by atoms with Gasteiger partial charge >= 0.3 is 5.97 Å². The van der Waals surface area contributed by atoms with Gasteiger partial charge in [-0.25, -0.2) is 4.98 Å². The molecule has 0 amide bonds. The van der Waals surface area contributed by atoms with E-state index in [1.165, 1.54) is 11.3 Å². The molecule has 1 aliphatic carbocycles. The van der Waals surface area contributed by atoms with Crippen LogP contribution < -0.4 is 4.74 Å². The van der Waals surface area contributed by atoms with Crippen LogP contribution in [0.5, 0.6) is 5.19 Å². The van der Waals surface area contributed by atoms with E-state index < -0.39 is 11.2 Å². The van der Waals surface area contributed by atoms with E-state index in [1.54, 1.807) is 6.20 Å². The first-order chi connectivity index (χ1) is 10.7. The smallest absolute Gasteiger partial charge is 0.315 e. The van der Waals surface area contributed by atoms with Crippen molar-refractivity contribution < 1.29 is 23.7 Å². The summed E-state index contributed by atoms with van der Waals surface area (Å²) in [6.07, 6.45) is 4.33. The number of thiazole rings is 1. The molecule has 1 aromatic heterocycles. The number of rotatable bonds is 5. The average Bonchev–Trinajstić information content (AvgIpc) is 3.20. The summed E-state index contributed by atoms with van der Waals surface area (Å²) in [4.78, 5) is 16.6. The van der Waals surface area contributed by atoms with Gasteiger partial charge in [-0.2, -0.15) is 0 Å². The summed E-state index contributed by atoms with van der Waals surface area (Å²) in [5.74, 6) is -0.698. The molecule has 2 fully saturated rings. The molecule has 0 radical (unpaired) electrons. The zero-order valence-corrected chi connectivity index (χ0v) is 13.5. The number of aromatic nitrogens is 1. The second kappa shape index (κ2) is 6.52. The lowest BCUT2D eigenvalue weighted by Crippen LogP contribution is -2.47. The summed E-state index contributed by atoms with van der Waals surface area (Å²) in [5, 5.41) is 2.43. The molecule has 1 spiro atoms. The van der Waals surface area contributed by atoms with Crippen molar-refractivity contribution in [3.05, 3.63) is 11.6 Å². The monoisotopic (exact) mass is 327 g/mol. The number of hydrogen-bond acceptors (Lipinski definition) is 7. The van der Waals surface area contributed by atoms with E-state index in [2.05, 4.69) is 4.98 Å². The standard InChI is InChI=1S/C15H21NO5S/c1-2-18-12(17)14(11-19-13-16-7-10-22-13)3-5-15(6-4-14)20-8-9-21-15/h7,10H,2-6,8-9,11H2,1H3. The van der Waals surface area contributed by atoms with Crippen LogP contribution in [-0.4, -0.2) is 43.2 Å². The fourth-order valence-electron chi connectivity index (χ4n) is 3.07. The molecule has 0 N–H and O–H groups in total. The molecule has 0 unspecified atom stereocenters. The van der Waals surface area contributed by atoms with Gasteiger partial charge < -0.3 is 18.9 Å². The van der Waals surface area contributed by atoms with Crippen molar-refractivity contribution in [1.82, 2.24) is 4.98 Å². The number of nitrogens with zero attached hydrogens (tertiary/aromatic N) is 1. The molecule has 7 heteroatoms. The van der Waals surface area contributed by atoms with Gasteiger partial charge in [0.05, 0.1) is 19.8 Å². The third-order valence-corrected chi connectivity index (χ3v) is 5.06. The van der Waals surface area contributed by atoms with Crippen LogP contribution in [0, 0.1) is 5.41 Å². The second-order valence-corrected chi connectivity index (χ2v) is 6.55. The third kappa shape index (κ3) is 3.11. The van der Waals surface area contributed by atoms with E-state index in [-0.39, 0.29) is 12.6 Å². The predicted molar refractivity (Wildman–Crippen MR) is 79.8 cm³/mol. The maximum atomic E-state index is 12.5. The fourth-order valence-corrected chi connectivity index (χ4v) is 3.56. The van der Waals surface area contributed by atoms with Crippen LogP contribution >= 0.6 is 11.3 Å². The van der Waals surface area contributed by atoms with Crippen LogP contribution in [0.25, 0.3) is 0 Å². The van der Waals surface area contributed by atoms with Crippen LogP contribution in [0.1, 0.15) is 32.6 Å². The number of hydrogen-bond donors (Lipinski definition) is 0. The van der Waals surface area contributed by atoms with Crippen molar-refractivity contribution in [1.29, 1.82) is 0 Å². The van der Waals surface area contributed by atoms with E-state index in [0.717, 1.165) is 0 Å². The Kier molecular flexibility index (Phi) is 4.65. The zero-order chi connectivity index (χ0) is 15.5. The van der Waals surface area contributed by atoms with Crippen LogP contribution in [0.15, 0.2) is 11.6 Å². The summed E-state index contributed by atoms with van der Waals surface area (Å²) in [6.45, 7) is 3.73. The Labute approximate surface area is 133 Å². The first-order valence-corrected chi connectivity index (χ1v) is 8.53. The van der Waals surface area contributed by atoms with Gasteiger partial charge in [-0.15, -0.1) is 0 Å². The van der Waals surface area contributed by atoms with Gasteiger partial charge in [0.25, 0.3) is 5.19 Å². The van der Waals surface area contributed by atoms with Gasteiger partial charge in [-0.05, 0) is 19.8 Å². The molecule has 122 valence electrons. The first-order valence-electron chi connectivity index (χ1n) is 7.66. The van der Waals surface area contributed by atoms with Gasteiger partial charge in [0, 0.05) is 24.4 Å². The Balaban J connectivity index is 1.68. The zero-order valence-electron chi connectivity index (χ0n) is 12.7. The molecule has 1 aliphatic heterocycles. The molecule has 6 nitrogen and oxygen atoms in total. The van der Waals surface area contributed by atoms with Crippen LogP contribution in [0.2, 0.25) is 0 Å². The predicted octanol–water partition coefficient (Wildman–Crippen LogP) is 2.39. The Morgan fingerprint density at radius 1 is 1.32 bits per heavy atom. The van der Waals surface area contributed by atoms with Crippen molar-refractivity contribution in [2.45, 2.75) is 38.4 Å². The maximum Gasteiger partial charge on any atom is 0.315 e. The average molecular weight is 327 g/mol. The lowest BCUT2D eigenvalue weighted by atomic mass is 9.72. The normalized spacial score (nSPS) is 22.6. The van der Waals surface area contributed by atoms with Gasteiger partial charge in [0.15, 0.2) is 5.79 Å². The summed E-state index contributed by atoms with van der Waals surface area (Å²) in [7, 11) is 0. The highest BCUT2D eigenvalue weighted by Crippen LogP contribution is 2.45. The molecule has 1 aromatic rings. The molecule has 1 saturated carbocycles. The van der Waals surface area contributed by atoms with E-state index in [4.69, 9.17) is 18.9 Å². The van der Waals surface area contributed by atoms with Crippen molar-refractivity contribution in [2.75, 3.05) is 26.4 Å². The fraction of sp³-hybridized carbons (Fsp3) is 0.733. The van der Waals surface area contributed by atoms with E-state index in [9.17, 15) is 4.79 Å². The highest BCUT2D eigenvalue weighted by Gasteiger charge is 2.51. The summed E-state index contributed by atoms with van der Waals surface area (Å²) in [5.41, 5.74) is -0.637. The highest BCUT2D eigenvalue weighted by atomic mass is 32.1. The number of carbonyl (C=O) groups is 1. The van der Waals surface area contributed by atoms with Crippen LogP contribution in [-0.2, 0) is 19.0 Å². The topological polar surface area (TPSA) is 66.9 Å². The molecular formula is C15H21NO5S. The quantitative estimate of drug-likeness (QED) is 0.774. The van der Waals surface area contributed by atoms with E-state index >= 15 is 0 Å². The molecule has 2 heterocycles. The second-order valence-electron chi connectivity index (χ2n) is 5.70. The lowest BCUT2D eigenvalue weighted by molar-refractivity contribution is -0.201.